The predicted molar refractivity (Wildman–Crippen MR) is 111 cm³/mol. The molecule has 2 saturated heterocycles. The van der Waals surface area contributed by atoms with Crippen molar-refractivity contribution in [1.82, 2.24) is 15.0 Å². The van der Waals surface area contributed by atoms with Crippen molar-refractivity contribution in [2.75, 3.05) is 13.7 Å². The van der Waals surface area contributed by atoms with Gasteiger partial charge in [0.2, 0.25) is 0 Å². The first kappa shape index (κ1) is 23.2. The summed E-state index contributed by atoms with van der Waals surface area (Å²) in [5.41, 5.74) is 0.137. The standard InChI is InChI=1S/C20H23BrF2N4O5/c1-20(2)30-9-14-19(32-20)17(18(29-3)13(31-14)6-7-24-28)27-8-12(25-26-27)10-4-5-11(21)16(23)15(10)22/h4-5,7-8,13-14,17-19,28H,6,9H2,1-3H3/t13-,14-,17-,18+,19+/m1/s1. The lowest BCUT2D eigenvalue weighted by Crippen LogP contribution is -2.62. The SMILES string of the molecule is CO[C@@H]1[C@@H](n2cc(-c3ccc(Br)c(F)c3F)nn2)[C@H]2OC(C)(C)OC[C@H]2O[C@@H]1CC=NO. The van der Waals surface area contributed by atoms with Crippen molar-refractivity contribution >= 4 is 22.1 Å². The van der Waals surface area contributed by atoms with Crippen LogP contribution in [0.1, 0.15) is 26.3 Å². The van der Waals surface area contributed by atoms with Gasteiger partial charge in [-0.15, -0.1) is 10.3 Å². The number of fused-ring (bicyclic) bond motifs is 1. The fourth-order valence-electron chi connectivity index (χ4n) is 4.13. The zero-order chi connectivity index (χ0) is 23.0. The fourth-order valence-corrected chi connectivity index (χ4v) is 4.44. The van der Waals surface area contributed by atoms with Crippen LogP contribution in [0.15, 0.2) is 28.0 Å². The van der Waals surface area contributed by atoms with E-state index in [0.717, 1.165) is 0 Å². The number of ether oxygens (including phenoxy) is 4. The van der Waals surface area contributed by atoms with Gasteiger partial charge in [0.05, 0.1) is 23.4 Å². The molecule has 1 aromatic carbocycles. The number of hydrogen-bond acceptors (Lipinski definition) is 8. The molecule has 2 aromatic rings. The molecule has 4 rings (SSSR count). The highest BCUT2D eigenvalue weighted by atomic mass is 79.9. The topological polar surface area (TPSA) is 100 Å². The zero-order valence-electron chi connectivity index (χ0n) is 17.6. The Hall–Kier alpha value is -1.99. The maximum absolute atomic E-state index is 14.5. The average molecular weight is 517 g/mol. The summed E-state index contributed by atoms with van der Waals surface area (Å²) in [5.74, 6) is -2.90. The van der Waals surface area contributed by atoms with Crippen LogP contribution >= 0.6 is 15.9 Å². The van der Waals surface area contributed by atoms with Crippen molar-refractivity contribution in [2.45, 2.75) is 56.5 Å². The Morgan fingerprint density at radius 3 is 2.88 bits per heavy atom. The molecule has 174 valence electrons. The lowest BCUT2D eigenvalue weighted by atomic mass is 9.90. The summed E-state index contributed by atoms with van der Waals surface area (Å²) in [7, 11) is 1.52. The molecule has 3 heterocycles. The smallest absolute Gasteiger partial charge is 0.173 e. The number of rotatable bonds is 5. The van der Waals surface area contributed by atoms with Crippen molar-refractivity contribution in [3.63, 3.8) is 0 Å². The van der Waals surface area contributed by atoms with Gasteiger partial charge in [-0.3, -0.25) is 0 Å². The lowest BCUT2D eigenvalue weighted by molar-refractivity contribution is -0.349. The molecule has 0 amide bonds. The van der Waals surface area contributed by atoms with E-state index in [1.807, 2.05) is 0 Å². The van der Waals surface area contributed by atoms with Crippen LogP contribution in [0, 0.1) is 11.6 Å². The van der Waals surface area contributed by atoms with Crippen LogP contribution in [0.25, 0.3) is 11.3 Å². The molecule has 0 unspecified atom stereocenters. The van der Waals surface area contributed by atoms with E-state index < -0.39 is 47.9 Å². The van der Waals surface area contributed by atoms with Crippen molar-refractivity contribution in [1.29, 1.82) is 0 Å². The molecule has 0 aliphatic carbocycles. The minimum atomic E-state index is -1.03. The highest BCUT2D eigenvalue weighted by Gasteiger charge is 2.52. The van der Waals surface area contributed by atoms with Crippen LogP contribution in [0.5, 0.6) is 0 Å². The molecule has 0 radical (unpaired) electrons. The summed E-state index contributed by atoms with van der Waals surface area (Å²) in [6.45, 7) is 3.85. The molecule has 1 aromatic heterocycles. The maximum atomic E-state index is 14.5. The van der Waals surface area contributed by atoms with Gasteiger partial charge in [-0.1, -0.05) is 5.21 Å². The largest absolute Gasteiger partial charge is 0.411 e. The van der Waals surface area contributed by atoms with Gasteiger partial charge in [-0.25, -0.2) is 13.5 Å². The van der Waals surface area contributed by atoms with E-state index in [9.17, 15) is 8.78 Å². The molecule has 0 bridgehead atoms. The number of oxime groups is 1. The minimum absolute atomic E-state index is 0.0177. The van der Waals surface area contributed by atoms with Gasteiger partial charge in [0.25, 0.3) is 0 Å². The van der Waals surface area contributed by atoms with E-state index in [0.29, 0.717) is 0 Å². The molecule has 1 N–H and O–H groups in total. The Morgan fingerprint density at radius 1 is 1.38 bits per heavy atom. The Bertz CT molecular complexity index is 1000. The zero-order valence-corrected chi connectivity index (χ0v) is 19.2. The molecule has 32 heavy (non-hydrogen) atoms. The third-order valence-corrected chi connectivity index (χ3v) is 6.20. The number of aromatic nitrogens is 3. The Kier molecular flexibility index (Phi) is 6.59. The second kappa shape index (κ2) is 9.10. The van der Waals surface area contributed by atoms with E-state index in [-0.39, 0.29) is 28.8 Å². The van der Waals surface area contributed by atoms with Gasteiger partial charge in [0.15, 0.2) is 17.4 Å². The lowest BCUT2D eigenvalue weighted by Gasteiger charge is -2.50. The van der Waals surface area contributed by atoms with E-state index in [2.05, 4.69) is 31.4 Å². The molecule has 5 atom stereocenters. The van der Waals surface area contributed by atoms with Crippen molar-refractivity contribution in [3.05, 3.63) is 34.4 Å². The number of benzene rings is 1. The van der Waals surface area contributed by atoms with E-state index in [4.69, 9.17) is 24.2 Å². The Labute approximate surface area is 191 Å². The fraction of sp³-hybridized carbons (Fsp3) is 0.550. The first-order valence-corrected chi connectivity index (χ1v) is 10.8. The van der Waals surface area contributed by atoms with Gasteiger partial charge >= 0.3 is 0 Å². The molecule has 12 heteroatoms. The third-order valence-electron chi connectivity index (χ3n) is 5.59. The summed E-state index contributed by atoms with van der Waals surface area (Å²) >= 11 is 2.97. The van der Waals surface area contributed by atoms with Crippen LogP contribution in [0.3, 0.4) is 0 Å². The number of nitrogens with zero attached hydrogens (tertiary/aromatic N) is 4. The molecule has 2 fully saturated rings. The van der Waals surface area contributed by atoms with E-state index >= 15 is 0 Å². The number of methoxy groups -OCH3 is 1. The highest BCUT2D eigenvalue weighted by molar-refractivity contribution is 9.10. The van der Waals surface area contributed by atoms with E-state index in [1.54, 1.807) is 13.8 Å². The molecule has 9 nitrogen and oxygen atoms in total. The summed E-state index contributed by atoms with van der Waals surface area (Å²) in [4.78, 5) is 0. The van der Waals surface area contributed by atoms with Gasteiger partial charge in [-0.05, 0) is 41.9 Å². The molecule has 0 spiro atoms. The van der Waals surface area contributed by atoms with Crippen LogP contribution in [-0.4, -0.2) is 70.3 Å². The highest BCUT2D eigenvalue weighted by Crippen LogP contribution is 2.40. The van der Waals surface area contributed by atoms with Gasteiger partial charge in [0.1, 0.15) is 30.0 Å². The summed E-state index contributed by atoms with van der Waals surface area (Å²) < 4.78 is 53.9. The van der Waals surface area contributed by atoms with Crippen molar-refractivity contribution in [2.24, 2.45) is 5.16 Å². The molecule has 2 aliphatic rings. The summed E-state index contributed by atoms with van der Waals surface area (Å²) in [6.07, 6.45) is 1.07. The van der Waals surface area contributed by atoms with Gasteiger partial charge in [-0.2, -0.15) is 0 Å². The number of halogens is 3. The molecular formula is C20H23BrF2N4O5. The monoisotopic (exact) mass is 516 g/mol. The van der Waals surface area contributed by atoms with Crippen LogP contribution in [-0.2, 0) is 18.9 Å². The first-order chi connectivity index (χ1) is 15.3. The molecular weight excluding hydrogens is 494 g/mol. The minimum Gasteiger partial charge on any atom is -0.411 e. The summed E-state index contributed by atoms with van der Waals surface area (Å²) in [6, 6.07) is 2.30. The van der Waals surface area contributed by atoms with Crippen LogP contribution in [0.2, 0.25) is 0 Å². The third kappa shape index (κ3) is 4.29. The first-order valence-electron chi connectivity index (χ1n) is 9.97. The second-order valence-electron chi connectivity index (χ2n) is 8.04. The molecule has 2 aliphatic heterocycles. The van der Waals surface area contributed by atoms with Gasteiger partial charge < -0.3 is 24.2 Å². The predicted octanol–water partition coefficient (Wildman–Crippen LogP) is 3.31. The normalized spacial score (nSPS) is 29.9. The maximum Gasteiger partial charge on any atom is 0.173 e. The van der Waals surface area contributed by atoms with Crippen LogP contribution < -0.4 is 0 Å². The summed E-state index contributed by atoms with van der Waals surface area (Å²) in [5, 5.41) is 20.2. The average Bonchev–Trinajstić information content (AvgIpc) is 3.24. The molecule has 0 saturated carbocycles. The second-order valence-corrected chi connectivity index (χ2v) is 8.89. The van der Waals surface area contributed by atoms with Crippen molar-refractivity contribution in [3.8, 4) is 11.3 Å². The Morgan fingerprint density at radius 2 is 2.16 bits per heavy atom. The van der Waals surface area contributed by atoms with Gasteiger partial charge in [0, 0.05) is 25.3 Å². The van der Waals surface area contributed by atoms with Crippen molar-refractivity contribution < 1.29 is 32.9 Å². The van der Waals surface area contributed by atoms with E-state index in [1.165, 1.54) is 36.3 Å². The van der Waals surface area contributed by atoms with Crippen LogP contribution in [0.4, 0.5) is 8.78 Å². The Balaban J connectivity index is 1.73. The number of hydrogen-bond donors (Lipinski definition) is 1. The quantitative estimate of drug-likeness (QED) is 0.281.